The molecule has 1 amide bonds. The average Bonchev–Trinajstić information content (AvgIpc) is 3.12. The Hall–Kier alpha value is -2.95. The second-order valence-electron chi connectivity index (χ2n) is 8.21. The van der Waals surface area contributed by atoms with Crippen LogP contribution in [0.25, 0.3) is 11.0 Å². The molecule has 1 aromatic heterocycles. The Labute approximate surface area is 186 Å². The van der Waals surface area contributed by atoms with Gasteiger partial charge in [-0.2, -0.15) is 4.31 Å². The van der Waals surface area contributed by atoms with Crippen LogP contribution in [-0.2, 0) is 14.8 Å². The molecule has 1 saturated heterocycles. The van der Waals surface area contributed by atoms with Gasteiger partial charge in [0.15, 0.2) is 0 Å². The van der Waals surface area contributed by atoms with Crippen molar-refractivity contribution in [3.05, 3.63) is 58.0 Å². The molecule has 0 unspecified atom stereocenters. The predicted octanol–water partition coefficient (Wildman–Crippen LogP) is 1.81. The highest BCUT2D eigenvalue weighted by molar-refractivity contribution is 7.89. The SMILES string of the molecule is Cc1ccc(S(=O)(=O)N2CCN([C@@H](C)C(=O)Nc3ccc4[nH]c(=O)[nH]c4c3)CC2)c(C)c1. The standard InChI is InChI=1S/C22H27N5O4S/c1-14-4-7-20(15(2)12-14)32(30,31)27-10-8-26(9-11-27)16(3)21(28)23-17-5-6-18-19(13-17)25-22(29)24-18/h4-7,12-13,16H,8-11H2,1-3H3,(H,23,28)(H2,24,25,29)/t16-/m0/s1. The van der Waals surface area contributed by atoms with Crippen LogP contribution in [0.4, 0.5) is 5.69 Å². The summed E-state index contributed by atoms with van der Waals surface area (Å²) in [7, 11) is -3.57. The first-order valence-corrected chi connectivity index (χ1v) is 11.9. The first-order valence-electron chi connectivity index (χ1n) is 10.5. The number of H-pyrrole nitrogens is 2. The molecule has 1 fully saturated rings. The number of sulfonamides is 1. The number of aromatic nitrogens is 2. The largest absolute Gasteiger partial charge is 0.325 e. The van der Waals surface area contributed by atoms with Gasteiger partial charge in [-0.25, -0.2) is 13.2 Å². The van der Waals surface area contributed by atoms with E-state index >= 15 is 0 Å². The Balaban J connectivity index is 1.39. The van der Waals surface area contributed by atoms with Crippen LogP contribution in [0.1, 0.15) is 18.1 Å². The molecule has 2 aromatic carbocycles. The van der Waals surface area contributed by atoms with Crippen LogP contribution in [0.15, 0.2) is 46.1 Å². The molecule has 170 valence electrons. The van der Waals surface area contributed by atoms with Crippen molar-refractivity contribution in [3.63, 3.8) is 0 Å². The number of aryl methyl sites for hydroxylation is 2. The zero-order chi connectivity index (χ0) is 23.0. The molecular formula is C22H27N5O4S. The molecule has 10 heteroatoms. The van der Waals surface area contributed by atoms with Crippen molar-refractivity contribution in [3.8, 4) is 0 Å². The Bertz CT molecular complexity index is 1320. The lowest BCUT2D eigenvalue weighted by Crippen LogP contribution is -2.54. The second-order valence-corrected chi connectivity index (χ2v) is 10.1. The molecule has 1 aliphatic rings. The fraction of sp³-hybridized carbons (Fsp3) is 0.364. The number of rotatable bonds is 5. The van der Waals surface area contributed by atoms with Gasteiger partial charge in [0.05, 0.1) is 22.0 Å². The van der Waals surface area contributed by atoms with Crippen molar-refractivity contribution in [2.24, 2.45) is 0 Å². The zero-order valence-corrected chi connectivity index (χ0v) is 19.1. The number of carbonyl (C=O) groups is 1. The maximum atomic E-state index is 13.1. The summed E-state index contributed by atoms with van der Waals surface area (Å²) < 4.78 is 27.6. The number of aromatic amines is 2. The third-order valence-electron chi connectivity index (χ3n) is 5.93. The number of hydrogen-bond donors (Lipinski definition) is 3. The molecule has 1 atom stereocenters. The Morgan fingerprint density at radius 3 is 2.38 bits per heavy atom. The van der Waals surface area contributed by atoms with Crippen molar-refractivity contribution < 1.29 is 13.2 Å². The molecule has 2 heterocycles. The van der Waals surface area contributed by atoms with Gasteiger partial charge in [0.25, 0.3) is 0 Å². The van der Waals surface area contributed by atoms with E-state index in [4.69, 9.17) is 0 Å². The number of imidazole rings is 1. The number of fused-ring (bicyclic) bond motifs is 1. The number of amides is 1. The minimum Gasteiger partial charge on any atom is -0.325 e. The number of piperazine rings is 1. The predicted molar refractivity (Wildman–Crippen MR) is 123 cm³/mol. The van der Waals surface area contributed by atoms with Crippen LogP contribution in [-0.4, -0.2) is 65.7 Å². The molecule has 1 aliphatic heterocycles. The zero-order valence-electron chi connectivity index (χ0n) is 18.3. The average molecular weight is 458 g/mol. The van der Waals surface area contributed by atoms with E-state index in [9.17, 15) is 18.0 Å². The van der Waals surface area contributed by atoms with Gasteiger partial charge in [0, 0.05) is 31.9 Å². The normalized spacial score (nSPS) is 16.8. The molecule has 0 bridgehead atoms. The van der Waals surface area contributed by atoms with Crippen LogP contribution in [0.3, 0.4) is 0 Å². The van der Waals surface area contributed by atoms with E-state index in [1.54, 1.807) is 31.2 Å². The van der Waals surface area contributed by atoms with E-state index in [0.29, 0.717) is 47.8 Å². The highest BCUT2D eigenvalue weighted by Crippen LogP contribution is 2.23. The van der Waals surface area contributed by atoms with Crippen molar-refractivity contribution >= 4 is 32.7 Å². The van der Waals surface area contributed by atoms with Crippen molar-refractivity contribution in [2.45, 2.75) is 31.7 Å². The Morgan fingerprint density at radius 1 is 1.00 bits per heavy atom. The van der Waals surface area contributed by atoms with Gasteiger partial charge in [-0.1, -0.05) is 17.7 Å². The van der Waals surface area contributed by atoms with Gasteiger partial charge < -0.3 is 15.3 Å². The summed E-state index contributed by atoms with van der Waals surface area (Å²) in [4.78, 5) is 31.8. The van der Waals surface area contributed by atoms with Crippen molar-refractivity contribution in [1.82, 2.24) is 19.2 Å². The summed E-state index contributed by atoms with van der Waals surface area (Å²) in [6, 6.07) is 10.1. The van der Waals surface area contributed by atoms with E-state index in [0.717, 1.165) is 11.1 Å². The van der Waals surface area contributed by atoms with E-state index in [2.05, 4.69) is 15.3 Å². The minimum absolute atomic E-state index is 0.187. The summed E-state index contributed by atoms with van der Waals surface area (Å²) in [5, 5.41) is 2.87. The summed E-state index contributed by atoms with van der Waals surface area (Å²) in [5.74, 6) is -0.187. The van der Waals surface area contributed by atoms with Crippen LogP contribution in [0, 0.1) is 13.8 Å². The second kappa shape index (κ2) is 8.53. The third kappa shape index (κ3) is 4.34. The summed E-state index contributed by atoms with van der Waals surface area (Å²) >= 11 is 0. The summed E-state index contributed by atoms with van der Waals surface area (Å²) in [5.41, 5.74) is 3.33. The summed E-state index contributed by atoms with van der Waals surface area (Å²) in [6.45, 7) is 7.12. The molecule has 3 aromatic rings. The molecule has 0 radical (unpaired) electrons. The van der Waals surface area contributed by atoms with E-state index in [1.165, 1.54) is 4.31 Å². The first kappa shape index (κ1) is 22.3. The van der Waals surface area contributed by atoms with Crippen molar-refractivity contribution in [2.75, 3.05) is 31.5 Å². The fourth-order valence-electron chi connectivity index (χ4n) is 4.08. The van der Waals surface area contributed by atoms with E-state index in [1.807, 2.05) is 30.9 Å². The highest BCUT2D eigenvalue weighted by Gasteiger charge is 2.32. The molecular weight excluding hydrogens is 430 g/mol. The van der Waals surface area contributed by atoms with Gasteiger partial charge in [0.2, 0.25) is 15.9 Å². The van der Waals surface area contributed by atoms with Gasteiger partial charge >= 0.3 is 5.69 Å². The monoisotopic (exact) mass is 457 g/mol. The maximum Gasteiger partial charge on any atom is 0.323 e. The number of carbonyl (C=O) groups excluding carboxylic acids is 1. The number of nitrogens with one attached hydrogen (secondary N) is 3. The lowest BCUT2D eigenvalue weighted by molar-refractivity contribution is -0.121. The molecule has 9 nitrogen and oxygen atoms in total. The van der Waals surface area contributed by atoms with E-state index < -0.39 is 16.1 Å². The lowest BCUT2D eigenvalue weighted by Gasteiger charge is -2.36. The van der Waals surface area contributed by atoms with Crippen molar-refractivity contribution in [1.29, 1.82) is 0 Å². The molecule has 4 rings (SSSR count). The molecule has 0 aliphatic carbocycles. The van der Waals surface area contributed by atoms with Gasteiger partial charge in [0.1, 0.15) is 0 Å². The number of anilines is 1. The Morgan fingerprint density at radius 2 is 1.69 bits per heavy atom. The van der Waals surface area contributed by atoms with Gasteiger partial charge in [-0.05, 0) is 50.6 Å². The van der Waals surface area contributed by atoms with Crippen LogP contribution in [0.2, 0.25) is 0 Å². The maximum absolute atomic E-state index is 13.1. The quantitative estimate of drug-likeness (QED) is 0.540. The highest BCUT2D eigenvalue weighted by atomic mass is 32.2. The minimum atomic E-state index is -3.57. The van der Waals surface area contributed by atoms with E-state index in [-0.39, 0.29) is 11.6 Å². The molecule has 0 saturated carbocycles. The molecule has 3 N–H and O–H groups in total. The smallest absolute Gasteiger partial charge is 0.323 e. The summed E-state index contributed by atoms with van der Waals surface area (Å²) in [6.07, 6.45) is 0. The van der Waals surface area contributed by atoms with Gasteiger partial charge in [-0.3, -0.25) is 9.69 Å². The number of nitrogens with zero attached hydrogens (tertiary/aromatic N) is 2. The lowest BCUT2D eigenvalue weighted by atomic mass is 10.2. The number of benzene rings is 2. The molecule has 32 heavy (non-hydrogen) atoms. The van der Waals surface area contributed by atoms with Gasteiger partial charge in [-0.15, -0.1) is 0 Å². The molecule has 0 spiro atoms. The first-order chi connectivity index (χ1) is 15.1. The van der Waals surface area contributed by atoms with Crippen LogP contribution in [0.5, 0.6) is 0 Å². The number of hydrogen-bond acceptors (Lipinski definition) is 5. The van der Waals surface area contributed by atoms with Crippen LogP contribution >= 0.6 is 0 Å². The Kier molecular flexibility index (Phi) is 5.93. The fourth-order valence-corrected chi connectivity index (χ4v) is 5.71. The third-order valence-corrected chi connectivity index (χ3v) is 7.99. The van der Waals surface area contributed by atoms with Crippen LogP contribution < -0.4 is 11.0 Å². The topological polar surface area (TPSA) is 118 Å².